The third kappa shape index (κ3) is 3.79. The molecule has 1 atom stereocenters. The summed E-state index contributed by atoms with van der Waals surface area (Å²) in [5.41, 5.74) is 0.705. The van der Waals surface area contributed by atoms with Crippen LogP contribution < -0.4 is 10.2 Å². The molecule has 2 rings (SSSR count). The molecule has 0 aromatic heterocycles. The molecule has 0 amide bonds. The Morgan fingerprint density at radius 2 is 2.24 bits per heavy atom. The van der Waals surface area contributed by atoms with Crippen molar-refractivity contribution >= 4 is 23.1 Å². The molecular formula is C14H15FN2O4. The number of aliphatic carboxylic acids is 1. The molecule has 0 saturated heterocycles. The van der Waals surface area contributed by atoms with Crippen molar-refractivity contribution in [2.75, 3.05) is 23.3 Å². The summed E-state index contributed by atoms with van der Waals surface area (Å²) in [6, 6.07) is 4.33. The number of aliphatic hydroxyl groups is 1. The average molecular weight is 294 g/mol. The van der Waals surface area contributed by atoms with Gasteiger partial charge in [-0.05, 0) is 24.3 Å². The molecule has 1 aromatic carbocycles. The number of carboxylic acids is 1. The van der Waals surface area contributed by atoms with Gasteiger partial charge in [0.25, 0.3) is 0 Å². The van der Waals surface area contributed by atoms with Crippen molar-refractivity contribution in [3.8, 4) is 0 Å². The summed E-state index contributed by atoms with van der Waals surface area (Å²) in [7, 11) is 0. The van der Waals surface area contributed by atoms with E-state index in [1.807, 2.05) is 0 Å². The van der Waals surface area contributed by atoms with Gasteiger partial charge in [-0.3, -0.25) is 4.79 Å². The first-order chi connectivity index (χ1) is 9.97. The predicted octanol–water partition coefficient (Wildman–Crippen LogP) is 0.976. The first kappa shape index (κ1) is 15.0. The van der Waals surface area contributed by atoms with Gasteiger partial charge >= 0.3 is 5.97 Å². The number of rotatable bonds is 5. The van der Waals surface area contributed by atoms with E-state index in [2.05, 4.69) is 5.32 Å². The van der Waals surface area contributed by atoms with Crippen molar-refractivity contribution in [3.63, 3.8) is 0 Å². The van der Waals surface area contributed by atoms with Gasteiger partial charge in [-0.1, -0.05) is 0 Å². The van der Waals surface area contributed by atoms with Crippen molar-refractivity contribution in [1.82, 2.24) is 0 Å². The van der Waals surface area contributed by atoms with Crippen LogP contribution in [-0.2, 0) is 9.59 Å². The number of halogens is 1. The number of benzene rings is 1. The number of anilines is 2. The molecule has 1 heterocycles. The lowest BCUT2D eigenvalue weighted by molar-refractivity contribution is -0.145. The van der Waals surface area contributed by atoms with Gasteiger partial charge < -0.3 is 20.4 Å². The van der Waals surface area contributed by atoms with Gasteiger partial charge in [0.1, 0.15) is 5.82 Å². The molecule has 0 aliphatic carbocycles. The van der Waals surface area contributed by atoms with Gasteiger partial charge in [0.05, 0.1) is 12.2 Å². The molecule has 3 N–H and O–H groups in total. The summed E-state index contributed by atoms with van der Waals surface area (Å²) >= 11 is 0. The molecule has 0 saturated carbocycles. The highest BCUT2D eigenvalue weighted by Gasteiger charge is 2.16. The van der Waals surface area contributed by atoms with Crippen LogP contribution in [0.25, 0.3) is 0 Å². The normalized spacial score (nSPS) is 15.9. The summed E-state index contributed by atoms with van der Waals surface area (Å²) in [6.45, 7) is 0.197. The van der Waals surface area contributed by atoms with Crippen LogP contribution in [0, 0.1) is 5.82 Å². The Kier molecular flexibility index (Phi) is 4.54. The van der Waals surface area contributed by atoms with Crippen LogP contribution in [0.3, 0.4) is 0 Å². The summed E-state index contributed by atoms with van der Waals surface area (Å²) in [4.78, 5) is 23.2. The summed E-state index contributed by atoms with van der Waals surface area (Å²) in [5.74, 6) is -1.83. The lowest BCUT2D eigenvalue weighted by Crippen LogP contribution is -2.28. The van der Waals surface area contributed by atoms with Crippen molar-refractivity contribution in [3.05, 3.63) is 36.3 Å². The van der Waals surface area contributed by atoms with E-state index in [0.717, 1.165) is 0 Å². The second kappa shape index (κ2) is 6.36. The lowest BCUT2D eigenvalue weighted by Gasteiger charge is -2.23. The molecule has 1 aromatic rings. The number of allylic oxidation sites excluding steroid dienone is 1. The number of ketones is 1. The van der Waals surface area contributed by atoms with Crippen molar-refractivity contribution in [2.24, 2.45) is 0 Å². The number of carboxylic acid groups (broad SMARTS) is 1. The number of nitrogens with zero attached hydrogens (tertiary/aromatic N) is 1. The van der Waals surface area contributed by atoms with Crippen LogP contribution in [0.4, 0.5) is 15.8 Å². The minimum atomic E-state index is -1.55. The summed E-state index contributed by atoms with van der Waals surface area (Å²) < 4.78 is 14.0. The van der Waals surface area contributed by atoms with E-state index < -0.39 is 17.9 Å². The van der Waals surface area contributed by atoms with Crippen LogP contribution in [0.1, 0.15) is 6.42 Å². The van der Waals surface area contributed by atoms with Crippen LogP contribution >= 0.6 is 0 Å². The van der Waals surface area contributed by atoms with Gasteiger partial charge in [-0.2, -0.15) is 0 Å². The highest BCUT2D eigenvalue weighted by Crippen LogP contribution is 2.24. The Balaban J connectivity index is 2.05. The Labute approximate surface area is 120 Å². The average Bonchev–Trinajstić information content (AvgIpc) is 2.46. The molecular weight excluding hydrogens is 279 g/mol. The zero-order valence-electron chi connectivity index (χ0n) is 11.1. The zero-order chi connectivity index (χ0) is 15.4. The number of nitrogens with one attached hydrogen (secondary N) is 1. The van der Waals surface area contributed by atoms with Gasteiger partial charge in [0, 0.05) is 24.9 Å². The molecule has 0 bridgehead atoms. The van der Waals surface area contributed by atoms with E-state index in [9.17, 15) is 14.0 Å². The number of hydrogen-bond donors (Lipinski definition) is 3. The molecule has 0 radical (unpaired) electrons. The van der Waals surface area contributed by atoms with Gasteiger partial charge in [0.2, 0.25) is 0 Å². The minimum absolute atomic E-state index is 0.00704. The van der Waals surface area contributed by atoms with E-state index >= 15 is 0 Å². The van der Waals surface area contributed by atoms with E-state index in [4.69, 9.17) is 10.2 Å². The van der Waals surface area contributed by atoms with E-state index in [1.165, 1.54) is 24.4 Å². The molecule has 1 unspecified atom stereocenters. The van der Waals surface area contributed by atoms with Gasteiger partial charge in [-0.25, -0.2) is 9.18 Å². The highest BCUT2D eigenvalue weighted by atomic mass is 19.1. The summed E-state index contributed by atoms with van der Waals surface area (Å²) in [6.07, 6.45) is 1.72. The SMILES string of the molecule is O=C1C=CN(c2ccc(NCC(O)C(=O)O)cc2F)CC1. The van der Waals surface area contributed by atoms with E-state index in [0.29, 0.717) is 24.3 Å². The smallest absolute Gasteiger partial charge is 0.334 e. The molecule has 0 spiro atoms. The standard InChI is InChI=1S/C14H15FN2O4/c15-11-7-9(16-8-13(19)14(20)21)1-2-12(11)17-5-3-10(18)4-6-17/h1-3,5,7,13,16,19H,4,6,8H2,(H,20,21). The molecule has 6 nitrogen and oxygen atoms in total. The van der Waals surface area contributed by atoms with E-state index in [1.54, 1.807) is 11.0 Å². The third-order valence-corrected chi connectivity index (χ3v) is 3.08. The molecule has 21 heavy (non-hydrogen) atoms. The molecule has 112 valence electrons. The fourth-order valence-corrected chi connectivity index (χ4v) is 1.91. The second-order valence-electron chi connectivity index (χ2n) is 4.63. The van der Waals surface area contributed by atoms with Crippen LogP contribution in [0.2, 0.25) is 0 Å². The number of carbonyl (C=O) groups excluding carboxylic acids is 1. The molecule has 1 aliphatic rings. The van der Waals surface area contributed by atoms with Gasteiger partial charge in [0.15, 0.2) is 11.9 Å². The van der Waals surface area contributed by atoms with Crippen molar-refractivity contribution < 1.29 is 24.2 Å². The van der Waals surface area contributed by atoms with E-state index in [-0.39, 0.29) is 12.3 Å². The van der Waals surface area contributed by atoms with Crippen LogP contribution in [-0.4, -0.2) is 41.2 Å². The fourth-order valence-electron chi connectivity index (χ4n) is 1.91. The van der Waals surface area contributed by atoms with Crippen molar-refractivity contribution in [1.29, 1.82) is 0 Å². The number of aliphatic hydroxyl groups excluding tert-OH is 1. The maximum atomic E-state index is 14.0. The highest BCUT2D eigenvalue weighted by molar-refractivity contribution is 5.91. The molecule has 1 aliphatic heterocycles. The predicted molar refractivity (Wildman–Crippen MR) is 74.6 cm³/mol. The van der Waals surface area contributed by atoms with Crippen LogP contribution in [0.5, 0.6) is 0 Å². The number of hydrogen-bond acceptors (Lipinski definition) is 5. The summed E-state index contributed by atoms with van der Waals surface area (Å²) in [5, 5.41) is 20.3. The molecule has 0 fully saturated rings. The Morgan fingerprint density at radius 1 is 1.48 bits per heavy atom. The first-order valence-electron chi connectivity index (χ1n) is 6.39. The molecule has 7 heteroatoms. The second-order valence-corrected chi connectivity index (χ2v) is 4.63. The van der Waals surface area contributed by atoms with Crippen molar-refractivity contribution in [2.45, 2.75) is 12.5 Å². The lowest BCUT2D eigenvalue weighted by atomic mass is 10.1. The van der Waals surface area contributed by atoms with Crippen LogP contribution in [0.15, 0.2) is 30.5 Å². The zero-order valence-corrected chi connectivity index (χ0v) is 11.1. The first-order valence-corrected chi connectivity index (χ1v) is 6.39. The Bertz CT molecular complexity index is 588. The minimum Gasteiger partial charge on any atom is -0.479 e. The van der Waals surface area contributed by atoms with Gasteiger partial charge in [-0.15, -0.1) is 0 Å². The Hall–Kier alpha value is -2.41. The Morgan fingerprint density at radius 3 is 2.81 bits per heavy atom. The fraction of sp³-hybridized carbons (Fsp3) is 0.286. The monoisotopic (exact) mass is 294 g/mol. The third-order valence-electron chi connectivity index (χ3n) is 3.08. The largest absolute Gasteiger partial charge is 0.479 e. The quantitative estimate of drug-likeness (QED) is 0.750. The number of carbonyl (C=O) groups is 2. The topological polar surface area (TPSA) is 89.9 Å². The maximum absolute atomic E-state index is 14.0. The maximum Gasteiger partial charge on any atom is 0.334 e.